The second kappa shape index (κ2) is 7.38. The van der Waals surface area contributed by atoms with E-state index in [0.717, 1.165) is 6.54 Å². The highest BCUT2D eigenvalue weighted by Gasteiger charge is 2.13. The van der Waals surface area contributed by atoms with Gasteiger partial charge in [-0.25, -0.2) is 0 Å². The van der Waals surface area contributed by atoms with Gasteiger partial charge in [0.1, 0.15) is 0 Å². The van der Waals surface area contributed by atoms with Gasteiger partial charge in [0.05, 0.1) is 13.1 Å². The molecule has 0 aliphatic heterocycles. The van der Waals surface area contributed by atoms with Gasteiger partial charge in [-0.05, 0) is 36.5 Å². The third-order valence-electron chi connectivity index (χ3n) is 3.51. The number of amides is 1. The molecule has 0 atom stereocenters. The van der Waals surface area contributed by atoms with E-state index in [1.807, 2.05) is 37.7 Å². The van der Waals surface area contributed by atoms with Crippen molar-refractivity contribution in [3.63, 3.8) is 0 Å². The van der Waals surface area contributed by atoms with E-state index in [2.05, 4.69) is 30.0 Å². The number of hydrogen-bond acceptors (Lipinski definition) is 3. The molecule has 4 heteroatoms. The monoisotopic (exact) mass is 302 g/mol. The molecule has 0 radical (unpaired) electrons. The Morgan fingerprint density at radius 1 is 1.10 bits per heavy atom. The van der Waals surface area contributed by atoms with Crippen molar-refractivity contribution in [2.45, 2.75) is 20.0 Å². The van der Waals surface area contributed by atoms with Crippen LogP contribution in [-0.2, 0) is 17.9 Å². The topological polar surface area (TPSA) is 23.6 Å². The lowest BCUT2D eigenvalue weighted by molar-refractivity contribution is -0.131. The first-order valence-corrected chi connectivity index (χ1v) is 7.93. The Kier molecular flexibility index (Phi) is 5.53. The number of carbonyl (C=O) groups excluding carboxylic acids is 1. The van der Waals surface area contributed by atoms with Crippen LogP contribution in [-0.4, -0.2) is 36.3 Å². The van der Waals surface area contributed by atoms with E-state index < -0.39 is 0 Å². The van der Waals surface area contributed by atoms with Crippen molar-refractivity contribution in [3.05, 3.63) is 57.8 Å². The molecule has 112 valence electrons. The van der Waals surface area contributed by atoms with Gasteiger partial charge in [-0.2, -0.15) is 0 Å². The average Bonchev–Trinajstić information content (AvgIpc) is 2.94. The minimum Gasteiger partial charge on any atom is -0.340 e. The van der Waals surface area contributed by atoms with Crippen molar-refractivity contribution in [3.8, 4) is 0 Å². The van der Waals surface area contributed by atoms with Gasteiger partial charge >= 0.3 is 0 Å². The molecule has 0 fully saturated rings. The number of benzene rings is 1. The van der Waals surface area contributed by atoms with Gasteiger partial charge in [-0.15, -0.1) is 11.3 Å². The molecule has 3 nitrogen and oxygen atoms in total. The fourth-order valence-corrected chi connectivity index (χ4v) is 2.97. The lowest BCUT2D eigenvalue weighted by Crippen LogP contribution is -2.35. The van der Waals surface area contributed by atoms with E-state index >= 15 is 0 Å². The van der Waals surface area contributed by atoms with E-state index in [-0.39, 0.29) is 5.91 Å². The van der Waals surface area contributed by atoms with Crippen LogP contribution in [0.1, 0.15) is 16.0 Å². The van der Waals surface area contributed by atoms with Crippen molar-refractivity contribution in [1.29, 1.82) is 0 Å². The second-order valence-electron chi connectivity index (χ2n) is 5.43. The molecule has 0 unspecified atom stereocenters. The van der Waals surface area contributed by atoms with Gasteiger partial charge < -0.3 is 4.90 Å². The number of nitrogens with zero attached hydrogens (tertiary/aromatic N) is 2. The van der Waals surface area contributed by atoms with Gasteiger partial charge in [0.15, 0.2) is 0 Å². The minimum absolute atomic E-state index is 0.152. The van der Waals surface area contributed by atoms with Crippen molar-refractivity contribution in [2.24, 2.45) is 0 Å². The van der Waals surface area contributed by atoms with Crippen LogP contribution in [0.25, 0.3) is 0 Å². The molecule has 0 N–H and O–H groups in total. The van der Waals surface area contributed by atoms with Crippen LogP contribution in [0.4, 0.5) is 0 Å². The van der Waals surface area contributed by atoms with E-state index in [0.29, 0.717) is 13.1 Å². The summed E-state index contributed by atoms with van der Waals surface area (Å²) in [6.07, 6.45) is 0. The summed E-state index contributed by atoms with van der Waals surface area (Å²) >= 11 is 1.68. The summed E-state index contributed by atoms with van der Waals surface area (Å²) in [7, 11) is 3.85. The largest absolute Gasteiger partial charge is 0.340 e. The summed E-state index contributed by atoms with van der Waals surface area (Å²) in [6.45, 7) is 4.03. The van der Waals surface area contributed by atoms with Crippen LogP contribution in [0.3, 0.4) is 0 Å². The van der Waals surface area contributed by atoms with Gasteiger partial charge in [0.2, 0.25) is 5.91 Å². The number of likely N-dealkylation sites (N-methyl/N-ethyl adjacent to an activating group) is 2. The average molecular weight is 302 g/mol. The third-order valence-corrected chi connectivity index (χ3v) is 4.37. The quantitative estimate of drug-likeness (QED) is 0.818. The van der Waals surface area contributed by atoms with Crippen LogP contribution in [0.15, 0.2) is 41.8 Å². The summed E-state index contributed by atoms with van der Waals surface area (Å²) in [6, 6.07) is 12.4. The van der Waals surface area contributed by atoms with Gasteiger partial charge in [0.25, 0.3) is 0 Å². The molecule has 0 aliphatic rings. The molecule has 21 heavy (non-hydrogen) atoms. The summed E-state index contributed by atoms with van der Waals surface area (Å²) in [5.41, 5.74) is 2.54. The summed E-state index contributed by atoms with van der Waals surface area (Å²) in [5.74, 6) is 0.152. The Bertz CT molecular complexity index is 580. The number of carbonyl (C=O) groups is 1. The SMILES string of the molecule is Cc1ccccc1CN(C)CC(=O)N(C)Cc1cccs1. The van der Waals surface area contributed by atoms with Crippen molar-refractivity contribution >= 4 is 17.2 Å². The highest BCUT2D eigenvalue weighted by molar-refractivity contribution is 7.09. The van der Waals surface area contributed by atoms with Gasteiger partial charge in [-0.3, -0.25) is 9.69 Å². The fraction of sp³-hybridized carbons (Fsp3) is 0.353. The molecule has 1 aromatic carbocycles. The van der Waals surface area contributed by atoms with Gasteiger partial charge in [0, 0.05) is 18.5 Å². The zero-order chi connectivity index (χ0) is 15.2. The van der Waals surface area contributed by atoms with Crippen molar-refractivity contribution in [1.82, 2.24) is 9.80 Å². The molecule has 1 amide bonds. The molecule has 0 aliphatic carbocycles. The lowest BCUT2D eigenvalue weighted by Gasteiger charge is -2.22. The summed E-state index contributed by atoms with van der Waals surface area (Å²) in [4.78, 5) is 17.3. The van der Waals surface area contributed by atoms with Crippen LogP contribution in [0.2, 0.25) is 0 Å². The van der Waals surface area contributed by atoms with E-state index in [1.165, 1.54) is 16.0 Å². The number of hydrogen-bond donors (Lipinski definition) is 0. The number of aryl methyl sites for hydroxylation is 1. The van der Waals surface area contributed by atoms with Crippen LogP contribution >= 0.6 is 11.3 Å². The zero-order valence-electron chi connectivity index (χ0n) is 12.9. The zero-order valence-corrected chi connectivity index (χ0v) is 13.7. The fourth-order valence-electron chi connectivity index (χ4n) is 2.21. The predicted octanol–water partition coefficient (Wildman–Crippen LogP) is 3.15. The first kappa shape index (κ1) is 15.7. The van der Waals surface area contributed by atoms with Crippen LogP contribution < -0.4 is 0 Å². The number of thiophene rings is 1. The Hall–Kier alpha value is -1.65. The second-order valence-corrected chi connectivity index (χ2v) is 6.46. The molecule has 1 heterocycles. The van der Waals surface area contributed by atoms with E-state index in [9.17, 15) is 4.79 Å². The Balaban J connectivity index is 1.85. The lowest BCUT2D eigenvalue weighted by atomic mass is 10.1. The molecule has 0 bridgehead atoms. The summed E-state index contributed by atoms with van der Waals surface area (Å²) < 4.78 is 0. The predicted molar refractivity (Wildman–Crippen MR) is 88.3 cm³/mol. The first-order valence-electron chi connectivity index (χ1n) is 7.05. The standard InChI is InChI=1S/C17H22N2OS/c1-14-7-4-5-8-15(14)11-18(2)13-17(20)19(3)12-16-9-6-10-21-16/h4-10H,11-13H2,1-3H3. The Morgan fingerprint density at radius 3 is 2.52 bits per heavy atom. The maximum Gasteiger partial charge on any atom is 0.236 e. The third kappa shape index (κ3) is 4.69. The number of rotatable bonds is 6. The van der Waals surface area contributed by atoms with Crippen molar-refractivity contribution in [2.75, 3.05) is 20.6 Å². The maximum atomic E-state index is 12.2. The normalized spacial score (nSPS) is 10.9. The smallest absolute Gasteiger partial charge is 0.236 e. The Morgan fingerprint density at radius 2 is 1.86 bits per heavy atom. The first-order chi connectivity index (χ1) is 10.1. The van der Waals surface area contributed by atoms with Gasteiger partial charge in [-0.1, -0.05) is 30.3 Å². The molecule has 2 aromatic rings. The highest BCUT2D eigenvalue weighted by Crippen LogP contribution is 2.12. The maximum absolute atomic E-state index is 12.2. The molecule has 0 saturated carbocycles. The molecular weight excluding hydrogens is 280 g/mol. The minimum atomic E-state index is 0.152. The summed E-state index contributed by atoms with van der Waals surface area (Å²) in [5, 5.41) is 2.04. The molecule has 1 aromatic heterocycles. The highest BCUT2D eigenvalue weighted by atomic mass is 32.1. The van der Waals surface area contributed by atoms with Crippen LogP contribution in [0.5, 0.6) is 0 Å². The van der Waals surface area contributed by atoms with E-state index in [1.54, 1.807) is 16.2 Å². The van der Waals surface area contributed by atoms with E-state index in [4.69, 9.17) is 0 Å². The molecule has 0 saturated heterocycles. The molecule has 2 rings (SSSR count). The Labute approximate surface area is 130 Å². The van der Waals surface area contributed by atoms with Crippen LogP contribution in [0, 0.1) is 6.92 Å². The van der Waals surface area contributed by atoms with Crippen molar-refractivity contribution < 1.29 is 4.79 Å². The molecule has 0 spiro atoms. The molecular formula is C17H22N2OS.